The molecule has 2 rings (SSSR count). The van der Waals surface area contributed by atoms with Crippen molar-refractivity contribution in [3.63, 3.8) is 0 Å². The SMILES string of the molecule is CC(C)(CCCNC(=O)c1cccc(I)c1)C1OCCO1. The number of benzene rings is 1. The Kier molecular flexibility index (Phi) is 6.01. The van der Waals surface area contributed by atoms with E-state index in [1.165, 1.54) is 0 Å². The fraction of sp³-hybridized carbons (Fsp3) is 0.562. The Morgan fingerprint density at radius 2 is 2.10 bits per heavy atom. The van der Waals surface area contributed by atoms with Crippen molar-refractivity contribution < 1.29 is 14.3 Å². The predicted molar refractivity (Wildman–Crippen MR) is 90.2 cm³/mol. The highest BCUT2D eigenvalue weighted by Gasteiger charge is 2.33. The average molecular weight is 403 g/mol. The standard InChI is InChI=1S/C16H22INO3/c1-16(2,15-20-9-10-21-15)7-4-8-18-14(19)12-5-3-6-13(17)11-12/h3,5-6,11,15H,4,7-10H2,1-2H3,(H,18,19). The number of amides is 1. The van der Waals surface area contributed by atoms with Crippen LogP contribution >= 0.6 is 22.6 Å². The van der Waals surface area contributed by atoms with Crippen molar-refractivity contribution >= 4 is 28.5 Å². The molecule has 1 amide bonds. The van der Waals surface area contributed by atoms with E-state index in [1.54, 1.807) is 0 Å². The lowest BCUT2D eigenvalue weighted by Gasteiger charge is -2.29. The fourth-order valence-corrected chi connectivity index (χ4v) is 2.95. The maximum Gasteiger partial charge on any atom is 0.251 e. The quantitative estimate of drug-likeness (QED) is 0.586. The molecule has 0 radical (unpaired) electrons. The van der Waals surface area contributed by atoms with E-state index in [2.05, 4.69) is 41.8 Å². The van der Waals surface area contributed by atoms with Crippen molar-refractivity contribution in [1.82, 2.24) is 5.32 Å². The van der Waals surface area contributed by atoms with Gasteiger partial charge in [-0.1, -0.05) is 19.9 Å². The van der Waals surface area contributed by atoms with E-state index in [0.29, 0.717) is 25.3 Å². The second-order valence-electron chi connectivity index (χ2n) is 5.93. The van der Waals surface area contributed by atoms with Gasteiger partial charge in [0.05, 0.1) is 13.2 Å². The second kappa shape index (κ2) is 7.56. The molecule has 1 heterocycles. The van der Waals surface area contributed by atoms with Crippen LogP contribution < -0.4 is 5.32 Å². The first-order valence-corrected chi connectivity index (χ1v) is 8.34. The van der Waals surface area contributed by atoms with Crippen LogP contribution in [-0.4, -0.2) is 32.0 Å². The Labute approximate surface area is 139 Å². The van der Waals surface area contributed by atoms with Crippen molar-refractivity contribution in [2.75, 3.05) is 19.8 Å². The van der Waals surface area contributed by atoms with E-state index in [9.17, 15) is 4.79 Å². The molecule has 1 aliphatic heterocycles. The summed E-state index contributed by atoms with van der Waals surface area (Å²) in [7, 11) is 0. The number of ether oxygens (including phenoxy) is 2. The molecule has 1 N–H and O–H groups in total. The second-order valence-corrected chi connectivity index (χ2v) is 7.18. The van der Waals surface area contributed by atoms with Crippen molar-refractivity contribution in [2.24, 2.45) is 5.41 Å². The Morgan fingerprint density at radius 3 is 2.76 bits per heavy atom. The van der Waals surface area contributed by atoms with Crippen LogP contribution in [0.2, 0.25) is 0 Å². The van der Waals surface area contributed by atoms with Gasteiger partial charge in [-0.2, -0.15) is 0 Å². The zero-order chi connectivity index (χ0) is 15.3. The van der Waals surface area contributed by atoms with Crippen LogP contribution in [0, 0.1) is 8.99 Å². The van der Waals surface area contributed by atoms with Gasteiger partial charge in [-0.15, -0.1) is 0 Å². The highest BCUT2D eigenvalue weighted by Crippen LogP contribution is 2.31. The molecule has 1 aliphatic rings. The molecule has 1 aromatic carbocycles. The average Bonchev–Trinajstić information content (AvgIpc) is 2.98. The van der Waals surface area contributed by atoms with Gasteiger partial charge in [0, 0.05) is 21.1 Å². The molecule has 116 valence electrons. The zero-order valence-electron chi connectivity index (χ0n) is 12.5. The number of rotatable bonds is 6. The van der Waals surface area contributed by atoms with Gasteiger partial charge >= 0.3 is 0 Å². The third-order valence-electron chi connectivity index (χ3n) is 3.63. The van der Waals surface area contributed by atoms with E-state index < -0.39 is 0 Å². The fourth-order valence-electron chi connectivity index (χ4n) is 2.41. The summed E-state index contributed by atoms with van der Waals surface area (Å²) >= 11 is 2.21. The summed E-state index contributed by atoms with van der Waals surface area (Å²) in [5.74, 6) is -0.0142. The van der Waals surface area contributed by atoms with E-state index >= 15 is 0 Å². The molecule has 0 atom stereocenters. The van der Waals surface area contributed by atoms with Crippen molar-refractivity contribution in [3.8, 4) is 0 Å². The number of hydrogen-bond acceptors (Lipinski definition) is 3. The van der Waals surface area contributed by atoms with E-state index in [4.69, 9.17) is 9.47 Å². The molecule has 0 unspecified atom stereocenters. The van der Waals surface area contributed by atoms with Crippen LogP contribution in [-0.2, 0) is 9.47 Å². The summed E-state index contributed by atoms with van der Waals surface area (Å²) in [4.78, 5) is 12.0. The minimum atomic E-state index is -0.121. The summed E-state index contributed by atoms with van der Waals surface area (Å²) in [5, 5.41) is 2.97. The third-order valence-corrected chi connectivity index (χ3v) is 4.30. The van der Waals surface area contributed by atoms with E-state index in [0.717, 1.165) is 16.4 Å². The molecule has 1 saturated heterocycles. The first kappa shape index (κ1) is 16.7. The lowest BCUT2D eigenvalue weighted by Crippen LogP contribution is -2.32. The molecule has 1 aromatic rings. The lowest BCUT2D eigenvalue weighted by atomic mass is 9.87. The van der Waals surface area contributed by atoms with Crippen molar-refractivity contribution in [3.05, 3.63) is 33.4 Å². The first-order chi connectivity index (χ1) is 9.99. The number of hydrogen-bond donors (Lipinski definition) is 1. The highest BCUT2D eigenvalue weighted by atomic mass is 127. The van der Waals surface area contributed by atoms with Crippen molar-refractivity contribution in [2.45, 2.75) is 33.0 Å². The molecule has 21 heavy (non-hydrogen) atoms. The molecular weight excluding hydrogens is 381 g/mol. The largest absolute Gasteiger partial charge is 0.352 e. The van der Waals surface area contributed by atoms with Crippen LogP contribution in [0.15, 0.2) is 24.3 Å². The predicted octanol–water partition coefficient (Wildman–Crippen LogP) is 3.20. The number of carbonyl (C=O) groups excluding carboxylic acids is 1. The monoisotopic (exact) mass is 403 g/mol. The van der Waals surface area contributed by atoms with Crippen LogP contribution in [0.3, 0.4) is 0 Å². The van der Waals surface area contributed by atoms with Gasteiger partial charge in [0.15, 0.2) is 6.29 Å². The number of carbonyl (C=O) groups is 1. The Morgan fingerprint density at radius 1 is 1.38 bits per heavy atom. The molecule has 0 spiro atoms. The molecule has 4 nitrogen and oxygen atoms in total. The topological polar surface area (TPSA) is 47.6 Å². The van der Waals surface area contributed by atoms with Gasteiger partial charge in [-0.25, -0.2) is 0 Å². The van der Waals surface area contributed by atoms with Crippen LogP contribution in [0.25, 0.3) is 0 Å². The number of halogens is 1. The molecule has 0 saturated carbocycles. The van der Waals surface area contributed by atoms with Crippen molar-refractivity contribution in [1.29, 1.82) is 0 Å². The van der Waals surface area contributed by atoms with Crippen LogP contribution in [0.4, 0.5) is 0 Å². The summed E-state index contributed by atoms with van der Waals surface area (Å²) in [6.07, 6.45) is 1.74. The van der Waals surface area contributed by atoms with Gasteiger partial charge in [0.2, 0.25) is 0 Å². The first-order valence-electron chi connectivity index (χ1n) is 7.26. The molecule has 0 aromatic heterocycles. The summed E-state index contributed by atoms with van der Waals surface area (Å²) in [6, 6.07) is 7.59. The minimum Gasteiger partial charge on any atom is -0.352 e. The highest BCUT2D eigenvalue weighted by molar-refractivity contribution is 14.1. The Hall–Kier alpha value is -0.660. The van der Waals surface area contributed by atoms with Gasteiger partial charge in [0.25, 0.3) is 5.91 Å². The zero-order valence-corrected chi connectivity index (χ0v) is 14.7. The van der Waals surface area contributed by atoms with Crippen LogP contribution in [0.1, 0.15) is 37.0 Å². The number of nitrogens with one attached hydrogen (secondary N) is 1. The van der Waals surface area contributed by atoms with Gasteiger partial charge in [-0.3, -0.25) is 4.79 Å². The normalized spacial score (nSPS) is 16.1. The molecule has 0 bridgehead atoms. The van der Waals surface area contributed by atoms with Crippen LogP contribution in [0.5, 0.6) is 0 Å². The Bertz CT molecular complexity index is 484. The maximum atomic E-state index is 12.0. The molecule has 0 aliphatic carbocycles. The van der Waals surface area contributed by atoms with E-state index in [1.807, 2.05) is 24.3 Å². The van der Waals surface area contributed by atoms with E-state index in [-0.39, 0.29) is 17.6 Å². The smallest absolute Gasteiger partial charge is 0.251 e. The molecule has 5 heteroatoms. The van der Waals surface area contributed by atoms with Gasteiger partial charge < -0.3 is 14.8 Å². The summed E-state index contributed by atoms with van der Waals surface area (Å²) < 4.78 is 12.2. The van der Waals surface area contributed by atoms with Gasteiger partial charge in [0.1, 0.15) is 0 Å². The molecular formula is C16H22INO3. The Balaban J connectivity index is 1.73. The maximum absolute atomic E-state index is 12.0. The summed E-state index contributed by atoms with van der Waals surface area (Å²) in [5.41, 5.74) is 0.687. The molecule has 1 fully saturated rings. The summed E-state index contributed by atoms with van der Waals surface area (Å²) in [6.45, 7) is 6.31. The van der Waals surface area contributed by atoms with Gasteiger partial charge in [-0.05, 0) is 53.6 Å². The lowest BCUT2D eigenvalue weighted by molar-refractivity contribution is -0.122. The minimum absolute atomic E-state index is 0.0142. The third kappa shape index (κ3) is 4.93.